The van der Waals surface area contributed by atoms with Gasteiger partial charge in [-0.1, -0.05) is 0 Å². The highest BCUT2D eigenvalue weighted by Crippen LogP contribution is 2.26. The topological polar surface area (TPSA) is 161 Å². The zero-order valence-electron chi connectivity index (χ0n) is 18.6. The smallest absolute Gasteiger partial charge is 0.303 e. The van der Waals surface area contributed by atoms with Crippen LogP contribution >= 0.6 is 11.6 Å². The summed E-state index contributed by atoms with van der Waals surface area (Å²) in [4.78, 5) is 64.2. The van der Waals surface area contributed by atoms with Crippen LogP contribution in [0.25, 0.3) is 0 Å². The van der Waals surface area contributed by atoms with Crippen molar-refractivity contribution in [3.63, 3.8) is 0 Å². The third kappa shape index (κ3) is 6.20. The predicted octanol–water partition coefficient (Wildman–Crippen LogP) is -0.226. The number of Topliss-reactive ketones (excluding diaryl/α,β-unsaturated/α-hetero) is 1. The third-order valence-corrected chi connectivity index (χ3v) is 4.70. The van der Waals surface area contributed by atoms with Crippen molar-refractivity contribution in [2.45, 2.75) is 45.3 Å². The molecular weight excluding hydrogens is 466 g/mol. The van der Waals surface area contributed by atoms with E-state index in [0.717, 1.165) is 25.3 Å². The van der Waals surface area contributed by atoms with E-state index in [1.807, 2.05) is 0 Å². The molecule has 1 N–H and O–H groups in total. The second-order valence-electron chi connectivity index (χ2n) is 6.94. The number of halogens is 1. The lowest BCUT2D eigenvalue weighted by Gasteiger charge is -2.40. The van der Waals surface area contributed by atoms with E-state index in [0.29, 0.717) is 0 Å². The van der Waals surface area contributed by atoms with Gasteiger partial charge in [-0.15, -0.1) is 11.6 Å². The first kappa shape index (κ1) is 26.1. The maximum atomic E-state index is 12.7. The number of carbonyl (C=O) groups excluding carboxylic acids is 4. The summed E-state index contributed by atoms with van der Waals surface area (Å²) in [6.07, 6.45) is -4.97. The van der Waals surface area contributed by atoms with E-state index in [1.165, 1.54) is 14.2 Å². The van der Waals surface area contributed by atoms with Crippen molar-refractivity contribution in [3.05, 3.63) is 15.9 Å². The van der Waals surface area contributed by atoms with Crippen LogP contribution < -0.4 is 15.6 Å². The fourth-order valence-electron chi connectivity index (χ4n) is 3.19. The molecule has 0 aromatic carbocycles. The number of ether oxygens (including phenoxy) is 5. The second kappa shape index (κ2) is 11.1. The molecule has 14 heteroatoms. The van der Waals surface area contributed by atoms with Crippen LogP contribution in [0.15, 0.2) is 4.79 Å². The van der Waals surface area contributed by atoms with Gasteiger partial charge in [-0.2, -0.15) is 4.98 Å². The van der Waals surface area contributed by atoms with Crippen LogP contribution in [-0.2, 0) is 40.4 Å². The summed E-state index contributed by atoms with van der Waals surface area (Å²) in [7, 11) is 2.62. The number of hydrogen-bond donors (Lipinski definition) is 1. The van der Waals surface area contributed by atoms with Crippen LogP contribution in [0.5, 0.6) is 6.01 Å². The minimum Gasteiger partial charge on any atom is -0.468 e. The number of aromatic nitrogens is 2. The van der Waals surface area contributed by atoms with Crippen molar-refractivity contribution in [3.8, 4) is 6.01 Å². The summed E-state index contributed by atoms with van der Waals surface area (Å²) in [5.41, 5.74) is -1.13. The summed E-state index contributed by atoms with van der Waals surface area (Å²) in [6, 6.07) is -0.136. The molecule has 33 heavy (non-hydrogen) atoms. The number of nitrogens with one attached hydrogen (secondary N) is 1. The minimum atomic E-state index is -1.35. The molecule has 1 saturated heterocycles. The van der Waals surface area contributed by atoms with Crippen molar-refractivity contribution in [2.75, 3.05) is 24.9 Å². The highest BCUT2D eigenvalue weighted by Gasteiger charge is 2.47. The summed E-state index contributed by atoms with van der Waals surface area (Å²) in [5, 5.41) is 2.72. The first-order valence-corrected chi connectivity index (χ1v) is 10.2. The van der Waals surface area contributed by atoms with E-state index < -0.39 is 59.7 Å². The third-order valence-electron chi connectivity index (χ3n) is 4.46. The second-order valence-corrected chi connectivity index (χ2v) is 7.20. The van der Waals surface area contributed by atoms with Crippen LogP contribution in [-0.4, -0.2) is 77.4 Å². The van der Waals surface area contributed by atoms with Crippen molar-refractivity contribution < 1.29 is 42.9 Å². The van der Waals surface area contributed by atoms with E-state index in [-0.39, 0.29) is 24.0 Å². The van der Waals surface area contributed by atoms with Gasteiger partial charge in [0.15, 0.2) is 30.3 Å². The van der Waals surface area contributed by atoms with Crippen LogP contribution in [0.3, 0.4) is 0 Å². The van der Waals surface area contributed by atoms with Crippen LogP contribution in [0.2, 0.25) is 0 Å². The largest absolute Gasteiger partial charge is 0.468 e. The Morgan fingerprint density at radius 3 is 2.18 bits per heavy atom. The molecule has 2 rings (SSSR count). The monoisotopic (exact) mass is 489 g/mol. The SMILES string of the molecule is COc1nc(NC2OCC(OC(C)=O)C(OC(C)=O)C2OC(C)=O)c(C(=O)CCl)c(=O)n1C. The normalized spacial score (nSPS) is 22.1. The number of methoxy groups -OCH3 is 1. The molecule has 0 amide bonds. The predicted molar refractivity (Wildman–Crippen MR) is 111 cm³/mol. The van der Waals surface area contributed by atoms with Crippen LogP contribution in [0.4, 0.5) is 5.82 Å². The van der Waals surface area contributed by atoms with Gasteiger partial charge in [0.1, 0.15) is 11.4 Å². The van der Waals surface area contributed by atoms with Crippen molar-refractivity contribution in [2.24, 2.45) is 7.05 Å². The molecule has 0 bridgehead atoms. The summed E-state index contributed by atoms with van der Waals surface area (Å²) in [6.45, 7) is 3.11. The number of hydrogen-bond acceptors (Lipinski definition) is 12. The standard InChI is InChI=1S/C19H24ClN3O10/c1-8(24)31-12-7-30-17(15(33-10(3)26)14(12)32-9(2)25)21-16-13(11(27)6-20)18(28)23(4)19(22-16)29-5/h12,14-15,17,21H,6-7H2,1-5H3. The Kier molecular flexibility index (Phi) is 8.76. The van der Waals surface area contributed by atoms with Crippen molar-refractivity contribution >= 4 is 41.1 Å². The molecule has 0 radical (unpaired) electrons. The lowest BCUT2D eigenvalue weighted by atomic mass is 10.0. The average molecular weight is 490 g/mol. The van der Waals surface area contributed by atoms with Gasteiger partial charge < -0.3 is 29.0 Å². The number of rotatable bonds is 8. The highest BCUT2D eigenvalue weighted by atomic mass is 35.5. The number of carbonyl (C=O) groups is 4. The highest BCUT2D eigenvalue weighted by molar-refractivity contribution is 6.31. The molecule has 0 aliphatic carbocycles. The van der Waals surface area contributed by atoms with Gasteiger partial charge in [-0.25, -0.2) is 0 Å². The van der Waals surface area contributed by atoms with E-state index in [2.05, 4.69) is 10.3 Å². The van der Waals surface area contributed by atoms with Crippen LogP contribution in [0, 0.1) is 0 Å². The molecule has 1 aromatic rings. The fourth-order valence-corrected chi connectivity index (χ4v) is 3.32. The molecule has 1 aliphatic heterocycles. The van der Waals surface area contributed by atoms with Gasteiger partial charge in [-0.05, 0) is 0 Å². The Hall–Kier alpha value is -3.19. The summed E-state index contributed by atoms with van der Waals surface area (Å²) < 4.78 is 27.4. The maximum absolute atomic E-state index is 12.7. The zero-order valence-corrected chi connectivity index (χ0v) is 19.3. The van der Waals surface area contributed by atoms with Gasteiger partial charge >= 0.3 is 23.9 Å². The first-order valence-electron chi connectivity index (χ1n) is 9.64. The molecule has 1 fully saturated rings. The van der Waals surface area contributed by atoms with Crippen molar-refractivity contribution in [1.82, 2.24) is 9.55 Å². The molecule has 0 saturated carbocycles. The number of esters is 3. The van der Waals surface area contributed by atoms with Gasteiger partial charge in [0.2, 0.25) is 0 Å². The quantitative estimate of drug-likeness (QED) is 0.221. The number of ketones is 1. The minimum absolute atomic E-state index is 0.136. The Labute approximate surface area is 193 Å². The lowest BCUT2D eigenvalue weighted by molar-refractivity contribution is -0.221. The molecule has 1 aromatic heterocycles. The molecule has 2 heterocycles. The molecule has 182 valence electrons. The van der Waals surface area contributed by atoms with E-state index in [9.17, 15) is 24.0 Å². The Bertz CT molecular complexity index is 995. The van der Waals surface area contributed by atoms with Gasteiger partial charge in [0.25, 0.3) is 5.56 Å². The number of anilines is 1. The molecule has 4 atom stereocenters. The molecular formula is C19H24ClN3O10. The van der Waals surface area contributed by atoms with Gasteiger partial charge in [-0.3, -0.25) is 28.5 Å². The Balaban J connectivity index is 2.54. The lowest BCUT2D eigenvalue weighted by Crippen LogP contribution is -2.59. The molecule has 4 unspecified atom stereocenters. The van der Waals surface area contributed by atoms with Gasteiger partial charge in [0, 0.05) is 27.8 Å². The average Bonchev–Trinajstić information content (AvgIpc) is 2.73. The fraction of sp³-hybridized carbons (Fsp3) is 0.579. The first-order chi connectivity index (χ1) is 15.5. The molecule has 13 nitrogen and oxygen atoms in total. The van der Waals surface area contributed by atoms with E-state index in [4.69, 9.17) is 35.3 Å². The molecule has 1 aliphatic rings. The Morgan fingerprint density at radius 2 is 1.67 bits per heavy atom. The van der Waals surface area contributed by atoms with E-state index in [1.54, 1.807) is 0 Å². The van der Waals surface area contributed by atoms with Crippen LogP contribution in [0.1, 0.15) is 31.1 Å². The molecule has 0 spiro atoms. The zero-order chi connectivity index (χ0) is 24.9. The summed E-state index contributed by atoms with van der Waals surface area (Å²) >= 11 is 5.65. The number of alkyl halides is 1. The number of nitrogens with zero attached hydrogens (tertiary/aromatic N) is 2. The maximum Gasteiger partial charge on any atom is 0.303 e. The summed E-state index contributed by atoms with van der Waals surface area (Å²) in [5.74, 6) is -3.67. The Morgan fingerprint density at radius 1 is 1.09 bits per heavy atom. The van der Waals surface area contributed by atoms with Gasteiger partial charge in [0.05, 0.1) is 19.6 Å². The van der Waals surface area contributed by atoms with Crippen molar-refractivity contribution in [1.29, 1.82) is 0 Å². The van der Waals surface area contributed by atoms with E-state index >= 15 is 0 Å².